The first-order valence-corrected chi connectivity index (χ1v) is 6.54. The van der Waals surface area contributed by atoms with Gasteiger partial charge in [-0.15, -0.1) is 0 Å². The topological polar surface area (TPSA) is 22.1 Å². The van der Waals surface area contributed by atoms with Gasteiger partial charge >= 0.3 is 0 Å². The van der Waals surface area contributed by atoms with Gasteiger partial charge in [0.25, 0.3) is 0 Å². The highest BCUT2D eigenvalue weighted by Crippen LogP contribution is 2.31. The van der Waals surface area contributed by atoms with Crippen LogP contribution in [0, 0.1) is 0 Å². The van der Waals surface area contributed by atoms with E-state index in [4.69, 9.17) is 4.74 Å². The van der Waals surface area contributed by atoms with E-state index in [9.17, 15) is 0 Å². The van der Waals surface area contributed by atoms with E-state index in [2.05, 4.69) is 29.2 Å². The number of pyridine rings is 1. The fourth-order valence-corrected chi connectivity index (χ4v) is 2.66. The first-order chi connectivity index (χ1) is 8.93. The van der Waals surface area contributed by atoms with Gasteiger partial charge in [0, 0.05) is 12.1 Å². The van der Waals surface area contributed by atoms with E-state index < -0.39 is 0 Å². The van der Waals surface area contributed by atoms with Gasteiger partial charge in [-0.25, -0.2) is 0 Å². The first kappa shape index (κ1) is 11.3. The molecule has 0 radical (unpaired) electrons. The molecule has 0 N–H and O–H groups in total. The molecule has 0 saturated heterocycles. The van der Waals surface area contributed by atoms with Crippen LogP contribution in [-0.2, 0) is 6.42 Å². The Morgan fingerprint density at radius 3 is 3.00 bits per heavy atom. The van der Waals surface area contributed by atoms with E-state index in [1.807, 2.05) is 12.1 Å². The Kier molecular flexibility index (Phi) is 3.26. The summed E-state index contributed by atoms with van der Waals surface area (Å²) >= 11 is 0. The molecule has 2 nitrogen and oxygen atoms in total. The summed E-state index contributed by atoms with van der Waals surface area (Å²) in [7, 11) is 0. The van der Waals surface area contributed by atoms with Crippen LogP contribution in [0.3, 0.4) is 0 Å². The van der Waals surface area contributed by atoms with E-state index in [-0.39, 0.29) is 0 Å². The lowest BCUT2D eigenvalue weighted by atomic mass is 9.83. The van der Waals surface area contributed by atoms with Crippen molar-refractivity contribution in [2.45, 2.75) is 25.2 Å². The number of hydrogen-bond donors (Lipinski definition) is 0. The number of aromatic nitrogens is 1. The normalized spacial score (nSPS) is 18.1. The van der Waals surface area contributed by atoms with E-state index in [1.54, 1.807) is 12.4 Å². The van der Waals surface area contributed by atoms with Crippen LogP contribution >= 0.6 is 0 Å². The lowest BCUT2D eigenvalue weighted by Gasteiger charge is -2.25. The van der Waals surface area contributed by atoms with E-state index in [0.717, 1.165) is 12.4 Å². The highest BCUT2D eigenvalue weighted by Gasteiger charge is 2.20. The maximum Gasteiger partial charge on any atom is 0.137 e. The molecule has 0 fully saturated rings. The van der Waals surface area contributed by atoms with Crippen molar-refractivity contribution >= 4 is 0 Å². The molecule has 2 heteroatoms. The second-order valence-corrected chi connectivity index (χ2v) is 4.79. The number of fused-ring (bicyclic) bond motifs is 1. The monoisotopic (exact) mass is 239 g/mol. The van der Waals surface area contributed by atoms with Crippen LogP contribution in [0.5, 0.6) is 5.75 Å². The Balaban J connectivity index is 1.71. The van der Waals surface area contributed by atoms with E-state index in [0.29, 0.717) is 5.92 Å². The highest BCUT2D eigenvalue weighted by atomic mass is 16.5. The summed E-state index contributed by atoms with van der Waals surface area (Å²) in [5, 5.41) is 0. The third-order valence-electron chi connectivity index (χ3n) is 3.58. The number of hydrogen-bond acceptors (Lipinski definition) is 2. The highest BCUT2D eigenvalue weighted by molar-refractivity contribution is 5.32. The average molecular weight is 239 g/mol. The smallest absolute Gasteiger partial charge is 0.137 e. The summed E-state index contributed by atoms with van der Waals surface area (Å²) in [5.74, 6) is 1.38. The van der Waals surface area contributed by atoms with Crippen molar-refractivity contribution in [3.05, 3.63) is 59.9 Å². The molecule has 1 aliphatic rings. The molecule has 18 heavy (non-hydrogen) atoms. The molecule has 0 spiro atoms. The third-order valence-corrected chi connectivity index (χ3v) is 3.58. The molecule has 2 aromatic rings. The molecule has 0 aliphatic heterocycles. The Morgan fingerprint density at radius 2 is 2.11 bits per heavy atom. The van der Waals surface area contributed by atoms with Gasteiger partial charge in [0.15, 0.2) is 0 Å². The van der Waals surface area contributed by atoms with Crippen LogP contribution < -0.4 is 4.74 Å². The summed E-state index contributed by atoms with van der Waals surface area (Å²) < 4.78 is 5.84. The largest absolute Gasteiger partial charge is 0.491 e. The van der Waals surface area contributed by atoms with Crippen LogP contribution in [0.25, 0.3) is 0 Å². The maximum atomic E-state index is 5.84. The fourth-order valence-electron chi connectivity index (χ4n) is 2.66. The average Bonchev–Trinajstić information content (AvgIpc) is 2.46. The van der Waals surface area contributed by atoms with Gasteiger partial charge < -0.3 is 4.74 Å². The molecule has 1 heterocycles. The van der Waals surface area contributed by atoms with E-state index >= 15 is 0 Å². The number of benzene rings is 1. The summed E-state index contributed by atoms with van der Waals surface area (Å²) in [4.78, 5) is 4.07. The Morgan fingerprint density at radius 1 is 1.17 bits per heavy atom. The lowest BCUT2D eigenvalue weighted by molar-refractivity contribution is 0.274. The van der Waals surface area contributed by atoms with Crippen molar-refractivity contribution in [1.82, 2.24) is 4.98 Å². The summed E-state index contributed by atoms with van der Waals surface area (Å²) in [5.41, 5.74) is 2.95. The standard InChI is InChI=1S/C16H17NO/c1-2-9-16-13(5-1)6-3-7-14(16)12-18-15-8-4-10-17-11-15/h1-2,4-5,8-11,14H,3,6-7,12H2. The van der Waals surface area contributed by atoms with Gasteiger partial charge in [-0.05, 0) is 42.5 Å². The quantitative estimate of drug-likeness (QED) is 0.816. The first-order valence-electron chi connectivity index (χ1n) is 6.54. The van der Waals surface area contributed by atoms with Crippen molar-refractivity contribution in [1.29, 1.82) is 0 Å². The predicted octanol–water partition coefficient (Wildman–Crippen LogP) is 3.58. The minimum absolute atomic E-state index is 0.523. The third kappa shape index (κ3) is 2.37. The van der Waals surface area contributed by atoms with Gasteiger partial charge in [-0.1, -0.05) is 24.3 Å². The van der Waals surface area contributed by atoms with Crippen molar-refractivity contribution < 1.29 is 4.74 Å². The van der Waals surface area contributed by atoms with Crippen molar-refractivity contribution in [2.75, 3.05) is 6.61 Å². The molecule has 1 aromatic heterocycles. The summed E-state index contributed by atoms with van der Waals surface area (Å²) in [6.45, 7) is 0.753. The van der Waals surface area contributed by atoms with Gasteiger partial charge in [0.05, 0.1) is 12.8 Å². The maximum absolute atomic E-state index is 5.84. The van der Waals surface area contributed by atoms with E-state index in [1.165, 1.54) is 30.4 Å². The number of rotatable bonds is 3. The predicted molar refractivity (Wildman–Crippen MR) is 71.9 cm³/mol. The van der Waals surface area contributed by atoms with Crippen molar-refractivity contribution in [3.8, 4) is 5.75 Å². The molecule has 1 aromatic carbocycles. The molecule has 92 valence electrons. The Labute approximate surface area is 108 Å². The van der Waals surface area contributed by atoms with Crippen LogP contribution in [0.1, 0.15) is 29.9 Å². The number of aryl methyl sites for hydroxylation is 1. The molecule has 1 aliphatic carbocycles. The van der Waals surface area contributed by atoms with Crippen LogP contribution in [0.4, 0.5) is 0 Å². The number of ether oxygens (including phenoxy) is 1. The second-order valence-electron chi connectivity index (χ2n) is 4.79. The zero-order valence-electron chi connectivity index (χ0n) is 10.4. The zero-order valence-corrected chi connectivity index (χ0v) is 10.4. The lowest BCUT2D eigenvalue weighted by Crippen LogP contribution is -2.16. The second kappa shape index (κ2) is 5.21. The van der Waals surface area contributed by atoms with Crippen LogP contribution in [0.2, 0.25) is 0 Å². The SMILES string of the molecule is c1cncc(OCC2CCCc3ccccc32)c1. The van der Waals surface area contributed by atoms with Crippen LogP contribution in [-0.4, -0.2) is 11.6 Å². The van der Waals surface area contributed by atoms with Crippen LogP contribution in [0.15, 0.2) is 48.8 Å². The summed E-state index contributed by atoms with van der Waals surface area (Å²) in [6.07, 6.45) is 7.23. The minimum Gasteiger partial charge on any atom is -0.491 e. The Hall–Kier alpha value is -1.83. The van der Waals surface area contributed by atoms with Gasteiger partial charge in [-0.3, -0.25) is 4.98 Å². The zero-order chi connectivity index (χ0) is 12.2. The molecule has 3 rings (SSSR count). The molecule has 0 saturated carbocycles. The molecule has 0 amide bonds. The van der Waals surface area contributed by atoms with Crippen molar-refractivity contribution in [3.63, 3.8) is 0 Å². The number of nitrogens with zero attached hydrogens (tertiary/aromatic N) is 1. The molecule has 1 atom stereocenters. The summed E-state index contributed by atoms with van der Waals surface area (Å²) in [6, 6.07) is 12.6. The van der Waals surface area contributed by atoms with Crippen molar-refractivity contribution in [2.24, 2.45) is 0 Å². The molecular formula is C16H17NO. The molecule has 0 bridgehead atoms. The van der Waals surface area contributed by atoms with Gasteiger partial charge in [-0.2, -0.15) is 0 Å². The minimum atomic E-state index is 0.523. The molecule has 1 unspecified atom stereocenters. The van der Waals surface area contributed by atoms with Gasteiger partial charge in [0.1, 0.15) is 5.75 Å². The fraction of sp³-hybridized carbons (Fsp3) is 0.312. The van der Waals surface area contributed by atoms with Gasteiger partial charge in [0.2, 0.25) is 0 Å². The molecular weight excluding hydrogens is 222 g/mol. The Bertz CT molecular complexity index is 510.